The van der Waals surface area contributed by atoms with Crippen molar-refractivity contribution in [2.45, 2.75) is 33.5 Å². The molecule has 0 bridgehead atoms. The predicted octanol–water partition coefficient (Wildman–Crippen LogP) is 3.46. The molecule has 0 unspecified atom stereocenters. The number of rotatable bonds is 7. The fourth-order valence-electron chi connectivity index (χ4n) is 3.42. The summed E-state index contributed by atoms with van der Waals surface area (Å²) in [6, 6.07) is 16.9. The Morgan fingerprint density at radius 2 is 1.81 bits per heavy atom. The molecule has 0 aliphatic rings. The zero-order chi connectivity index (χ0) is 22.3. The first kappa shape index (κ1) is 21.3. The van der Waals surface area contributed by atoms with E-state index in [1.54, 1.807) is 19.7 Å². The van der Waals surface area contributed by atoms with Crippen LogP contribution < -0.4 is 10.6 Å². The quantitative estimate of drug-likeness (QED) is 0.345. The van der Waals surface area contributed by atoms with Crippen LogP contribution in [0.3, 0.4) is 0 Å². The molecule has 0 saturated carbocycles. The highest BCUT2D eigenvalue weighted by molar-refractivity contribution is 5.80. The van der Waals surface area contributed by atoms with Gasteiger partial charge in [0.1, 0.15) is 18.4 Å². The van der Waals surface area contributed by atoms with E-state index in [0.717, 1.165) is 11.5 Å². The van der Waals surface area contributed by atoms with Crippen molar-refractivity contribution in [1.29, 1.82) is 0 Å². The van der Waals surface area contributed by atoms with E-state index in [9.17, 15) is 0 Å². The standard InChI is InChI=1S/C24H27N7O/c1-17-18(2)32-23(30-17)13-28-24(25-3)27-12-21-6-4-5-7-22(21)20-10-8-19(9-11-20)14-31-16-26-15-29-31/h4-11,15-16H,12-14H2,1-3H3,(H2,25,27,28). The van der Waals surface area contributed by atoms with Crippen LogP contribution in [0.5, 0.6) is 0 Å². The molecule has 0 amide bonds. The molecule has 2 heterocycles. The van der Waals surface area contributed by atoms with E-state index in [1.807, 2.05) is 24.6 Å². The molecule has 8 heteroatoms. The summed E-state index contributed by atoms with van der Waals surface area (Å²) in [7, 11) is 1.75. The largest absolute Gasteiger partial charge is 0.444 e. The molecule has 2 N–H and O–H groups in total. The fourth-order valence-corrected chi connectivity index (χ4v) is 3.42. The van der Waals surface area contributed by atoms with E-state index < -0.39 is 0 Å². The van der Waals surface area contributed by atoms with Gasteiger partial charge in [0.25, 0.3) is 0 Å². The minimum atomic E-state index is 0.475. The molecule has 2 aromatic carbocycles. The number of benzene rings is 2. The van der Waals surface area contributed by atoms with Gasteiger partial charge >= 0.3 is 0 Å². The molecule has 8 nitrogen and oxygen atoms in total. The van der Waals surface area contributed by atoms with Gasteiger partial charge in [0.2, 0.25) is 5.89 Å². The molecule has 0 fully saturated rings. The summed E-state index contributed by atoms with van der Waals surface area (Å²) in [5, 5.41) is 10.8. The molecule has 0 saturated heterocycles. The van der Waals surface area contributed by atoms with Crippen LogP contribution in [0.25, 0.3) is 11.1 Å². The van der Waals surface area contributed by atoms with Gasteiger partial charge in [0.05, 0.1) is 18.8 Å². The number of nitrogens with zero attached hydrogens (tertiary/aromatic N) is 5. The first-order valence-corrected chi connectivity index (χ1v) is 10.5. The topological polar surface area (TPSA) is 93.2 Å². The summed E-state index contributed by atoms with van der Waals surface area (Å²) in [6.45, 7) is 5.67. The van der Waals surface area contributed by atoms with Gasteiger partial charge in [-0.3, -0.25) is 4.99 Å². The summed E-state index contributed by atoms with van der Waals surface area (Å²) in [6.07, 6.45) is 3.27. The minimum Gasteiger partial charge on any atom is -0.444 e. The van der Waals surface area contributed by atoms with E-state index in [2.05, 4.69) is 73.2 Å². The molecule has 0 atom stereocenters. The number of aryl methyl sites for hydroxylation is 2. The van der Waals surface area contributed by atoms with Crippen molar-refractivity contribution in [2.24, 2.45) is 4.99 Å². The number of oxazole rings is 1. The van der Waals surface area contributed by atoms with Gasteiger partial charge in [0.15, 0.2) is 5.96 Å². The normalized spacial score (nSPS) is 11.5. The number of nitrogens with one attached hydrogen (secondary N) is 2. The minimum absolute atomic E-state index is 0.475. The third-order valence-corrected chi connectivity index (χ3v) is 5.24. The predicted molar refractivity (Wildman–Crippen MR) is 124 cm³/mol. The Hall–Kier alpha value is -3.94. The second-order valence-corrected chi connectivity index (χ2v) is 7.48. The number of hydrogen-bond donors (Lipinski definition) is 2. The molecule has 0 aliphatic carbocycles. The van der Waals surface area contributed by atoms with Gasteiger partial charge in [-0.05, 0) is 36.1 Å². The lowest BCUT2D eigenvalue weighted by atomic mass is 9.98. The van der Waals surface area contributed by atoms with Crippen LogP contribution in [-0.4, -0.2) is 32.8 Å². The van der Waals surface area contributed by atoms with E-state index in [1.165, 1.54) is 22.3 Å². The first-order chi connectivity index (χ1) is 15.6. The van der Waals surface area contributed by atoms with Gasteiger partial charge in [-0.1, -0.05) is 48.5 Å². The van der Waals surface area contributed by atoms with Crippen molar-refractivity contribution in [1.82, 2.24) is 30.4 Å². The second-order valence-electron chi connectivity index (χ2n) is 7.48. The lowest BCUT2D eigenvalue weighted by molar-refractivity contribution is 0.463. The second kappa shape index (κ2) is 9.91. The lowest BCUT2D eigenvalue weighted by Gasteiger charge is -2.14. The van der Waals surface area contributed by atoms with Crippen molar-refractivity contribution in [3.05, 3.63) is 89.7 Å². The van der Waals surface area contributed by atoms with Crippen LogP contribution >= 0.6 is 0 Å². The molecule has 164 valence electrons. The van der Waals surface area contributed by atoms with Gasteiger partial charge in [0, 0.05) is 13.6 Å². The molecule has 32 heavy (non-hydrogen) atoms. The Balaban J connectivity index is 1.40. The lowest BCUT2D eigenvalue weighted by Crippen LogP contribution is -2.36. The number of aromatic nitrogens is 4. The summed E-state index contributed by atoms with van der Waals surface area (Å²) >= 11 is 0. The molecule has 0 aliphatic heterocycles. The zero-order valence-corrected chi connectivity index (χ0v) is 18.5. The molecule has 4 aromatic rings. The fraction of sp³-hybridized carbons (Fsp3) is 0.250. The molecular formula is C24H27N7O. The molecular weight excluding hydrogens is 402 g/mol. The molecule has 4 rings (SSSR count). The molecule has 0 spiro atoms. The highest BCUT2D eigenvalue weighted by atomic mass is 16.4. The van der Waals surface area contributed by atoms with Gasteiger partial charge in [-0.2, -0.15) is 5.10 Å². The number of aliphatic imine (C=N–C) groups is 1. The summed E-state index contributed by atoms with van der Waals surface area (Å²) in [5.41, 5.74) is 5.62. The summed E-state index contributed by atoms with van der Waals surface area (Å²) in [4.78, 5) is 12.7. The van der Waals surface area contributed by atoms with Crippen LogP contribution in [0.4, 0.5) is 0 Å². The maximum Gasteiger partial charge on any atom is 0.214 e. The van der Waals surface area contributed by atoms with Crippen LogP contribution in [0.2, 0.25) is 0 Å². The SMILES string of the molecule is CN=C(NCc1nc(C)c(C)o1)NCc1ccccc1-c1ccc(Cn2cncn2)cc1. The smallest absolute Gasteiger partial charge is 0.214 e. The van der Waals surface area contributed by atoms with Crippen LogP contribution in [-0.2, 0) is 19.6 Å². The van der Waals surface area contributed by atoms with Gasteiger partial charge < -0.3 is 15.1 Å². The summed E-state index contributed by atoms with van der Waals surface area (Å²) < 4.78 is 7.44. The monoisotopic (exact) mass is 429 g/mol. The van der Waals surface area contributed by atoms with Gasteiger partial charge in [-0.15, -0.1) is 0 Å². The highest BCUT2D eigenvalue weighted by Gasteiger charge is 2.09. The van der Waals surface area contributed by atoms with Crippen LogP contribution in [0.1, 0.15) is 28.5 Å². The van der Waals surface area contributed by atoms with Gasteiger partial charge in [-0.25, -0.2) is 14.6 Å². The van der Waals surface area contributed by atoms with Crippen molar-refractivity contribution in [2.75, 3.05) is 7.05 Å². The van der Waals surface area contributed by atoms with Crippen LogP contribution in [0, 0.1) is 13.8 Å². The van der Waals surface area contributed by atoms with Crippen molar-refractivity contribution >= 4 is 5.96 Å². The van der Waals surface area contributed by atoms with Crippen molar-refractivity contribution in [3.8, 4) is 11.1 Å². The first-order valence-electron chi connectivity index (χ1n) is 10.5. The van der Waals surface area contributed by atoms with E-state index in [0.29, 0.717) is 31.5 Å². The van der Waals surface area contributed by atoms with E-state index >= 15 is 0 Å². The zero-order valence-electron chi connectivity index (χ0n) is 18.5. The third-order valence-electron chi connectivity index (χ3n) is 5.24. The highest BCUT2D eigenvalue weighted by Crippen LogP contribution is 2.24. The van der Waals surface area contributed by atoms with Crippen molar-refractivity contribution < 1.29 is 4.42 Å². The maximum atomic E-state index is 5.63. The van der Waals surface area contributed by atoms with E-state index in [-0.39, 0.29) is 0 Å². The summed E-state index contributed by atoms with van der Waals surface area (Å²) in [5.74, 6) is 2.18. The number of hydrogen-bond acceptors (Lipinski definition) is 5. The molecule has 2 aromatic heterocycles. The molecule has 0 radical (unpaired) electrons. The maximum absolute atomic E-state index is 5.63. The third kappa shape index (κ3) is 5.21. The van der Waals surface area contributed by atoms with Crippen LogP contribution in [0.15, 0.2) is 70.6 Å². The Morgan fingerprint density at radius 3 is 2.50 bits per heavy atom. The Morgan fingerprint density at radius 1 is 1.03 bits per heavy atom. The Labute approximate surface area is 187 Å². The Kier molecular flexibility index (Phi) is 6.60. The Bertz CT molecular complexity index is 1160. The average molecular weight is 430 g/mol. The number of guanidine groups is 1. The average Bonchev–Trinajstić information content (AvgIpc) is 3.44. The van der Waals surface area contributed by atoms with Crippen molar-refractivity contribution in [3.63, 3.8) is 0 Å². The van der Waals surface area contributed by atoms with E-state index in [4.69, 9.17) is 4.42 Å².